The molecule has 0 unspecified atom stereocenters. The van der Waals surface area contributed by atoms with E-state index in [0.717, 1.165) is 11.8 Å². The first-order chi connectivity index (χ1) is 14.4. The Morgan fingerprint density at radius 3 is 2.47 bits per heavy atom. The van der Waals surface area contributed by atoms with Crippen molar-refractivity contribution in [3.63, 3.8) is 0 Å². The first-order valence-corrected chi connectivity index (χ1v) is 12.5. The van der Waals surface area contributed by atoms with Gasteiger partial charge >= 0.3 is 10.2 Å². The molecule has 6 rings (SSSR count). The van der Waals surface area contributed by atoms with Gasteiger partial charge in [0.25, 0.3) is 0 Å². The number of carbonyl (C=O) groups excluding carboxylic acids is 1. The number of methoxy groups -OCH3 is 1. The molecule has 5 aliphatic rings. The lowest BCUT2D eigenvalue weighted by molar-refractivity contribution is -0.125. The lowest BCUT2D eigenvalue weighted by Gasteiger charge is -2.54. The van der Waals surface area contributed by atoms with E-state index in [-0.39, 0.29) is 18.5 Å². The summed E-state index contributed by atoms with van der Waals surface area (Å²) in [5, 5.41) is 3.24. The van der Waals surface area contributed by atoms with Gasteiger partial charge in [0.15, 0.2) is 0 Å². The topological polar surface area (TPSA) is 79.0 Å². The average molecular weight is 434 g/mol. The quantitative estimate of drug-likeness (QED) is 0.773. The summed E-state index contributed by atoms with van der Waals surface area (Å²) < 4.78 is 34.4. The molecule has 0 spiro atoms. The van der Waals surface area contributed by atoms with Gasteiger partial charge in [0, 0.05) is 25.2 Å². The number of rotatable bonds is 5. The van der Waals surface area contributed by atoms with Gasteiger partial charge in [-0.3, -0.25) is 9.10 Å². The van der Waals surface area contributed by atoms with Crippen LogP contribution in [0.4, 0.5) is 5.69 Å². The van der Waals surface area contributed by atoms with Crippen molar-refractivity contribution in [3.05, 3.63) is 24.3 Å². The van der Waals surface area contributed by atoms with E-state index in [1.54, 1.807) is 31.4 Å². The molecular formula is C22H31N3O4S. The molecule has 0 atom stereocenters. The first kappa shape index (κ1) is 20.1. The molecule has 1 heterocycles. The van der Waals surface area contributed by atoms with E-state index in [4.69, 9.17) is 4.74 Å². The Balaban J connectivity index is 1.27. The second-order valence-corrected chi connectivity index (χ2v) is 11.3. The lowest BCUT2D eigenvalue weighted by atomic mass is 9.54. The van der Waals surface area contributed by atoms with Crippen molar-refractivity contribution in [2.45, 2.75) is 44.6 Å². The van der Waals surface area contributed by atoms with E-state index in [1.807, 2.05) is 0 Å². The summed E-state index contributed by atoms with van der Waals surface area (Å²) in [6.07, 6.45) is 6.96. The fraction of sp³-hybridized carbons (Fsp3) is 0.682. The summed E-state index contributed by atoms with van der Waals surface area (Å²) in [6.45, 7) is 0.673. The Morgan fingerprint density at radius 1 is 1.10 bits per heavy atom. The highest BCUT2D eigenvalue weighted by molar-refractivity contribution is 7.90. The third kappa shape index (κ3) is 3.58. The van der Waals surface area contributed by atoms with Gasteiger partial charge in [0.2, 0.25) is 5.91 Å². The summed E-state index contributed by atoms with van der Waals surface area (Å²) in [6, 6.07) is 7.28. The summed E-state index contributed by atoms with van der Waals surface area (Å²) in [7, 11) is -2.19. The van der Waals surface area contributed by atoms with Crippen molar-refractivity contribution in [1.29, 1.82) is 0 Å². The molecule has 1 aromatic carbocycles. The minimum absolute atomic E-state index is 0.106. The molecule has 7 nitrogen and oxygen atoms in total. The molecule has 4 saturated carbocycles. The van der Waals surface area contributed by atoms with Crippen LogP contribution in [0.3, 0.4) is 0 Å². The second kappa shape index (κ2) is 7.71. The summed E-state index contributed by atoms with van der Waals surface area (Å²) in [4.78, 5) is 12.9. The number of benzene rings is 1. The number of hydrogen-bond donors (Lipinski definition) is 1. The summed E-state index contributed by atoms with van der Waals surface area (Å²) in [5.74, 6) is 3.30. The van der Waals surface area contributed by atoms with Gasteiger partial charge < -0.3 is 10.1 Å². The summed E-state index contributed by atoms with van der Waals surface area (Å²) in [5.41, 5.74) is 0.570. The third-order valence-electron chi connectivity index (χ3n) is 7.59. The van der Waals surface area contributed by atoms with E-state index in [2.05, 4.69) is 5.32 Å². The lowest BCUT2D eigenvalue weighted by Crippen LogP contribution is -2.58. The van der Waals surface area contributed by atoms with Crippen molar-refractivity contribution < 1.29 is 17.9 Å². The Kier molecular flexibility index (Phi) is 5.17. The second-order valence-electron chi connectivity index (χ2n) is 9.49. The van der Waals surface area contributed by atoms with Crippen molar-refractivity contribution >= 4 is 21.8 Å². The minimum atomic E-state index is -3.75. The predicted molar refractivity (Wildman–Crippen MR) is 114 cm³/mol. The van der Waals surface area contributed by atoms with Gasteiger partial charge in [0.1, 0.15) is 5.75 Å². The number of nitrogens with one attached hydrogen (secondary N) is 1. The molecular weight excluding hydrogens is 402 g/mol. The average Bonchev–Trinajstić information content (AvgIpc) is 2.71. The van der Waals surface area contributed by atoms with E-state index < -0.39 is 10.2 Å². The first-order valence-electron chi connectivity index (χ1n) is 11.2. The van der Waals surface area contributed by atoms with Crippen molar-refractivity contribution in [2.24, 2.45) is 23.7 Å². The molecule has 4 aliphatic carbocycles. The van der Waals surface area contributed by atoms with Crippen LogP contribution in [0.1, 0.15) is 38.5 Å². The van der Waals surface area contributed by atoms with Crippen molar-refractivity contribution in [2.75, 3.05) is 31.0 Å². The molecule has 0 radical (unpaired) electrons. The molecule has 8 heteroatoms. The molecule has 4 bridgehead atoms. The number of ether oxygens (including phenoxy) is 1. The van der Waals surface area contributed by atoms with Gasteiger partial charge in [-0.25, -0.2) is 0 Å². The standard InChI is InChI=1S/C22H31N3O4S/c1-29-20-5-2-4-19(13-20)25-7-3-6-24(30(25,27)28)14-21(26)23-22-17-9-15-8-16(11-17)12-18(22)10-15/h2,4-5,13,15-18,22H,3,6-12,14H2,1H3,(H,23,26). The molecule has 5 fully saturated rings. The van der Waals surface area contributed by atoms with Crippen LogP contribution < -0.4 is 14.4 Å². The minimum Gasteiger partial charge on any atom is -0.497 e. The summed E-state index contributed by atoms with van der Waals surface area (Å²) >= 11 is 0. The number of anilines is 1. The normalized spacial score (nSPS) is 34.7. The maximum atomic E-state index is 13.2. The number of carbonyl (C=O) groups is 1. The van der Waals surface area contributed by atoms with Crippen LogP contribution in [0.25, 0.3) is 0 Å². The Hall–Kier alpha value is -1.80. The van der Waals surface area contributed by atoms with Crippen LogP contribution >= 0.6 is 0 Å². The van der Waals surface area contributed by atoms with Crippen LogP contribution in [0.15, 0.2) is 24.3 Å². The van der Waals surface area contributed by atoms with Crippen molar-refractivity contribution in [1.82, 2.24) is 9.62 Å². The Bertz CT molecular complexity index is 891. The van der Waals surface area contributed by atoms with Crippen LogP contribution in [0, 0.1) is 23.7 Å². The fourth-order valence-electron chi connectivity index (χ4n) is 6.50. The molecule has 1 saturated heterocycles. The molecule has 1 aromatic rings. The SMILES string of the molecule is COc1cccc(N2CCCN(CC(=O)NC3C4CC5CC(C4)CC3C5)S2(=O)=O)c1. The van der Waals surface area contributed by atoms with E-state index >= 15 is 0 Å². The Labute approximate surface area is 178 Å². The molecule has 1 N–H and O–H groups in total. The fourth-order valence-corrected chi connectivity index (χ4v) is 8.16. The van der Waals surface area contributed by atoms with Gasteiger partial charge in [-0.15, -0.1) is 0 Å². The van der Waals surface area contributed by atoms with E-state index in [9.17, 15) is 13.2 Å². The van der Waals surface area contributed by atoms with Gasteiger partial charge in [-0.05, 0) is 74.3 Å². The molecule has 0 aromatic heterocycles. The zero-order valence-electron chi connectivity index (χ0n) is 17.5. The molecule has 1 amide bonds. The van der Waals surface area contributed by atoms with E-state index in [1.165, 1.54) is 40.7 Å². The zero-order valence-corrected chi connectivity index (χ0v) is 18.3. The zero-order chi connectivity index (χ0) is 20.9. The largest absolute Gasteiger partial charge is 0.497 e. The highest BCUT2D eigenvalue weighted by atomic mass is 32.2. The third-order valence-corrected chi connectivity index (χ3v) is 9.50. The molecule has 1 aliphatic heterocycles. The van der Waals surface area contributed by atoms with Crippen LogP contribution in [-0.2, 0) is 15.0 Å². The van der Waals surface area contributed by atoms with E-state index in [0.29, 0.717) is 42.8 Å². The van der Waals surface area contributed by atoms with Gasteiger partial charge in [-0.1, -0.05) is 6.07 Å². The maximum absolute atomic E-state index is 13.2. The van der Waals surface area contributed by atoms with Gasteiger partial charge in [-0.2, -0.15) is 12.7 Å². The number of hydrogen-bond acceptors (Lipinski definition) is 4. The Morgan fingerprint density at radius 2 is 1.80 bits per heavy atom. The molecule has 30 heavy (non-hydrogen) atoms. The van der Waals surface area contributed by atoms with Gasteiger partial charge in [0.05, 0.1) is 19.3 Å². The highest BCUT2D eigenvalue weighted by Crippen LogP contribution is 2.53. The molecule has 164 valence electrons. The van der Waals surface area contributed by atoms with Crippen LogP contribution in [0.2, 0.25) is 0 Å². The highest BCUT2D eigenvalue weighted by Gasteiger charge is 2.48. The van der Waals surface area contributed by atoms with Crippen LogP contribution in [0.5, 0.6) is 5.75 Å². The number of amides is 1. The number of nitrogens with zero attached hydrogens (tertiary/aromatic N) is 2. The monoisotopic (exact) mass is 433 g/mol. The predicted octanol–water partition coefficient (Wildman–Crippen LogP) is 2.39. The smallest absolute Gasteiger partial charge is 0.304 e. The van der Waals surface area contributed by atoms with Crippen LogP contribution in [-0.4, -0.2) is 51.4 Å². The van der Waals surface area contributed by atoms with Crippen molar-refractivity contribution in [3.8, 4) is 5.75 Å². The maximum Gasteiger partial charge on any atom is 0.304 e.